The third-order valence-electron chi connectivity index (χ3n) is 3.79. The van der Waals surface area contributed by atoms with Crippen LogP contribution in [0.3, 0.4) is 0 Å². The number of carbonyl (C=O) groups is 2. The van der Waals surface area contributed by atoms with E-state index in [1.54, 1.807) is 6.07 Å². The van der Waals surface area contributed by atoms with Crippen LogP contribution in [-0.2, 0) is 12.8 Å². The van der Waals surface area contributed by atoms with E-state index in [2.05, 4.69) is 6.07 Å². The number of amides is 2. The van der Waals surface area contributed by atoms with Crippen LogP contribution in [0.1, 0.15) is 43.0 Å². The van der Waals surface area contributed by atoms with Crippen LogP contribution in [0.4, 0.5) is 0 Å². The lowest BCUT2D eigenvalue weighted by molar-refractivity contribution is 0.0966. The number of hydrogen-bond donors (Lipinski definition) is 2. The first-order valence-corrected chi connectivity index (χ1v) is 6.39. The van der Waals surface area contributed by atoms with Crippen LogP contribution in [0.15, 0.2) is 36.4 Å². The normalized spacial score (nSPS) is 12.4. The maximum absolute atomic E-state index is 11.7. The second-order valence-electron chi connectivity index (χ2n) is 4.98. The molecule has 0 unspecified atom stereocenters. The number of hydrogen-bond acceptors (Lipinski definition) is 2. The third kappa shape index (κ3) is 1.86. The smallest absolute Gasteiger partial charge is 0.249 e. The SMILES string of the molecule is NC(=O)c1ccc2c(c1C(N)=O)Cc1ccccc1C2. The molecule has 2 amide bonds. The van der Waals surface area contributed by atoms with Crippen molar-refractivity contribution in [3.8, 4) is 0 Å². The van der Waals surface area contributed by atoms with E-state index in [1.165, 1.54) is 5.56 Å². The first kappa shape index (κ1) is 12.4. The topological polar surface area (TPSA) is 86.2 Å². The predicted octanol–water partition coefficient (Wildman–Crippen LogP) is 1.38. The highest BCUT2D eigenvalue weighted by Gasteiger charge is 2.24. The van der Waals surface area contributed by atoms with Gasteiger partial charge in [-0.25, -0.2) is 0 Å². The molecular formula is C16H14N2O2. The molecule has 20 heavy (non-hydrogen) atoms. The highest BCUT2D eigenvalue weighted by atomic mass is 16.2. The van der Waals surface area contributed by atoms with Gasteiger partial charge in [-0.1, -0.05) is 30.3 Å². The molecule has 0 bridgehead atoms. The Hall–Kier alpha value is -2.62. The lowest BCUT2D eigenvalue weighted by Crippen LogP contribution is -2.24. The molecule has 0 heterocycles. The van der Waals surface area contributed by atoms with Gasteiger partial charge in [0, 0.05) is 0 Å². The molecule has 0 aliphatic heterocycles. The van der Waals surface area contributed by atoms with E-state index in [-0.39, 0.29) is 11.1 Å². The fraction of sp³-hybridized carbons (Fsp3) is 0.125. The summed E-state index contributed by atoms with van der Waals surface area (Å²) in [5.41, 5.74) is 15.5. The van der Waals surface area contributed by atoms with Crippen molar-refractivity contribution < 1.29 is 9.59 Å². The molecule has 4 N–H and O–H groups in total. The number of rotatable bonds is 2. The summed E-state index contributed by atoms with van der Waals surface area (Å²) in [5, 5.41) is 0. The summed E-state index contributed by atoms with van der Waals surface area (Å²) in [6.45, 7) is 0. The van der Waals surface area contributed by atoms with Gasteiger partial charge in [0.2, 0.25) is 11.8 Å². The quantitative estimate of drug-likeness (QED) is 0.734. The zero-order valence-electron chi connectivity index (χ0n) is 10.8. The van der Waals surface area contributed by atoms with Crippen LogP contribution in [0.5, 0.6) is 0 Å². The summed E-state index contributed by atoms with van der Waals surface area (Å²) in [7, 11) is 0. The molecule has 4 nitrogen and oxygen atoms in total. The Labute approximate surface area is 116 Å². The molecule has 3 rings (SSSR count). The van der Waals surface area contributed by atoms with Gasteiger partial charge in [0.25, 0.3) is 0 Å². The largest absolute Gasteiger partial charge is 0.366 e. The van der Waals surface area contributed by atoms with Crippen LogP contribution in [0, 0.1) is 0 Å². The maximum Gasteiger partial charge on any atom is 0.249 e. The zero-order chi connectivity index (χ0) is 14.3. The Morgan fingerprint density at radius 2 is 1.45 bits per heavy atom. The Morgan fingerprint density at radius 3 is 2.05 bits per heavy atom. The summed E-state index contributed by atoms with van der Waals surface area (Å²) in [6, 6.07) is 11.5. The van der Waals surface area contributed by atoms with Gasteiger partial charge in [-0.05, 0) is 41.2 Å². The highest BCUT2D eigenvalue weighted by molar-refractivity contribution is 6.07. The Bertz CT molecular complexity index is 735. The van der Waals surface area contributed by atoms with Gasteiger partial charge in [-0.3, -0.25) is 9.59 Å². The Balaban J connectivity index is 2.21. The molecule has 0 fully saturated rings. The first-order valence-electron chi connectivity index (χ1n) is 6.39. The number of fused-ring (bicyclic) bond motifs is 2. The molecule has 1 aliphatic carbocycles. The number of primary amides is 2. The van der Waals surface area contributed by atoms with E-state index in [9.17, 15) is 9.59 Å². The first-order chi connectivity index (χ1) is 9.58. The fourth-order valence-corrected chi connectivity index (χ4v) is 2.84. The van der Waals surface area contributed by atoms with Crippen LogP contribution in [0.2, 0.25) is 0 Å². The van der Waals surface area contributed by atoms with Crippen molar-refractivity contribution in [3.05, 3.63) is 69.8 Å². The van der Waals surface area contributed by atoms with Crippen LogP contribution in [-0.4, -0.2) is 11.8 Å². The van der Waals surface area contributed by atoms with Gasteiger partial charge in [0.15, 0.2) is 0 Å². The van der Waals surface area contributed by atoms with Crippen molar-refractivity contribution in [2.75, 3.05) is 0 Å². The molecule has 0 saturated heterocycles. The lowest BCUT2D eigenvalue weighted by Gasteiger charge is -2.22. The van der Waals surface area contributed by atoms with Gasteiger partial charge >= 0.3 is 0 Å². The van der Waals surface area contributed by atoms with E-state index >= 15 is 0 Å². The number of carbonyl (C=O) groups excluding carboxylic acids is 2. The lowest BCUT2D eigenvalue weighted by atomic mass is 9.82. The molecule has 0 aromatic heterocycles. The molecule has 0 radical (unpaired) electrons. The van der Waals surface area contributed by atoms with Crippen molar-refractivity contribution in [1.29, 1.82) is 0 Å². The van der Waals surface area contributed by atoms with Gasteiger partial charge in [0.05, 0.1) is 11.1 Å². The van der Waals surface area contributed by atoms with E-state index in [4.69, 9.17) is 11.5 Å². The van der Waals surface area contributed by atoms with Crippen molar-refractivity contribution in [3.63, 3.8) is 0 Å². The molecule has 1 aliphatic rings. The number of benzene rings is 2. The second-order valence-corrected chi connectivity index (χ2v) is 4.98. The zero-order valence-corrected chi connectivity index (χ0v) is 10.8. The average molecular weight is 266 g/mol. The average Bonchev–Trinajstić information content (AvgIpc) is 2.43. The van der Waals surface area contributed by atoms with Crippen LogP contribution >= 0.6 is 0 Å². The summed E-state index contributed by atoms with van der Waals surface area (Å²) >= 11 is 0. The molecule has 2 aromatic carbocycles. The second kappa shape index (κ2) is 4.49. The highest BCUT2D eigenvalue weighted by Crippen LogP contribution is 2.30. The Morgan fingerprint density at radius 1 is 0.800 bits per heavy atom. The van der Waals surface area contributed by atoms with E-state index < -0.39 is 11.8 Å². The van der Waals surface area contributed by atoms with Gasteiger partial charge < -0.3 is 11.5 Å². The van der Waals surface area contributed by atoms with Crippen molar-refractivity contribution >= 4 is 11.8 Å². The summed E-state index contributed by atoms with van der Waals surface area (Å²) in [5.74, 6) is -1.23. The molecule has 100 valence electrons. The van der Waals surface area contributed by atoms with Crippen molar-refractivity contribution in [1.82, 2.24) is 0 Å². The van der Waals surface area contributed by atoms with Crippen LogP contribution < -0.4 is 11.5 Å². The van der Waals surface area contributed by atoms with E-state index in [1.807, 2.05) is 24.3 Å². The third-order valence-corrected chi connectivity index (χ3v) is 3.79. The van der Waals surface area contributed by atoms with Gasteiger partial charge in [-0.2, -0.15) is 0 Å². The minimum absolute atomic E-state index is 0.204. The summed E-state index contributed by atoms with van der Waals surface area (Å²) in [6.07, 6.45) is 1.34. The Kier molecular flexibility index (Phi) is 2.79. The summed E-state index contributed by atoms with van der Waals surface area (Å²) in [4.78, 5) is 23.2. The molecule has 4 heteroatoms. The van der Waals surface area contributed by atoms with E-state index in [0.29, 0.717) is 6.42 Å². The molecule has 0 spiro atoms. The van der Waals surface area contributed by atoms with Crippen molar-refractivity contribution in [2.45, 2.75) is 12.8 Å². The fourth-order valence-electron chi connectivity index (χ4n) is 2.84. The standard InChI is InChI=1S/C16H14N2O2/c17-15(19)12-6-5-11-7-9-3-1-2-4-10(9)8-13(11)14(12)16(18)20/h1-6H,7-8H2,(H2,17,19)(H2,18,20). The van der Waals surface area contributed by atoms with Gasteiger partial charge in [-0.15, -0.1) is 0 Å². The monoisotopic (exact) mass is 266 g/mol. The van der Waals surface area contributed by atoms with E-state index in [0.717, 1.165) is 23.1 Å². The molecule has 0 atom stereocenters. The maximum atomic E-state index is 11.7. The van der Waals surface area contributed by atoms with Crippen LogP contribution in [0.25, 0.3) is 0 Å². The van der Waals surface area contributed by atoms with Gasteiger partial charge in [0.1, 0.15) is 0 Å². The molecule has 2 aromatic rings. The predicted molar refractivity (Wildman–Crippen MR) is 75.5 cm³/mol. The molecule has 0 saturated carbocycles. The number of nitrogens with two attached hydrogens (primary N) is 2. The minimum Gasteiger partial charge on any atom is -0.366 e. The summed E-state index contributed by atoms with van der Waals surface area (Å²) < 4.78 is 0. The molecular weight excluding hydrogens is 252 g/mol. The minimum atomic E-state index is -0.625. The van der Waals surface area contributed by atoms with Crippen molar-refractivity contribution in [2.24, 2.45) is 11.5 Å².